The van der Waals surface area contributed by atoms with Crippen LogP contribution < -0.4 is 5.32 Å². The maximum absolute atomic E-state index is 13.3. The zero-order chi connectivity index (χ0) is 26.2. The van der Waals surface area contributed by atoms with Gasteiger partial charge in [-0.2, -0.15) is 0 Å². The van der Waals surface area contributed by atoms with Crippen LogP contribution in [0.3, 0.4) is 0 Å². The van der Waals surface area contributed by atoms with Gasteiger partial charge in [0.05, 0.1) is 44.0 Å². The fourth-order valence-electron chi connectivity index (χ4n) is 3.98. The summed E-state index contributed by atoms with van der Waals surface area (Å²) >= 11 is 0. The number of methoxy groups -OCH3 is 1. The minimum absolute atomic E-state index is 0.0113. The van der Waals surface area contributed by atoms with E-state index < -0.39 is 15.4 Å². The van der Waals surface area contributed by atoms with Crippen molar-refractivity contribution < 1.29 is 22.7 Å². The molecule has 36 heavy (non-hydrogen) atoms. The van der Waals surface area contributed by atoms with Crippen molar-refractivity contribution in [3.8, 4) is 0 Å². The molecule has 1 N–H and O–H groups in total. The molecule has 0 atom stereocenters. The topological polar surface area (TPSA) is 106 Å². The lowest BCUT2D eigenvalue weighted by Gasteiger charge is -2.32. The summed E-state index contributed by atoms with van der Waals surface area (Å²) in [6.45, 7) is 10.9. The van der Waals surface area contributed by atoms with E-state index in [0.717, 1.165) is 13.1 Å². The van der Waals surface area contributed by atoms with Crippen LogP contribution >= 0.6 is 0 Å². The van der Waals surface area contributed by atoms with Gasteiger partial charge < -0.3 is 24.3 Å². The third-order valence-corrected chi connectivity index (χ3v) is 7.41. The number of hydrogen-bond donors (Lipinski definition) is 1. The van der Waals surface area contributed by atoms with Crippen LogP contribution in [0.4, 0.5) is 4.79 Å². The van der Waals surface area contributed by atoms with Gasteiger partial charge in [0, 0.05) is 45.4 Å². The number of ether oxygens (including phenoxy) is 2. The molecule has 2 amide bonds. The molecule has 1 aliphatic heterocycles. The smallest absolute Gasteiger partial charge is 0.318 e. The molecule has 0 spiro atoms. The lowest BCUT2D eigenvalue weighted by Crippen LogP contribution is -2.50. The van der Waals surface area contributed by atoms with Gasteiger partial charge in [-0.25, -0.2) is 18.2 Å². The second-order valence-electron chi connectivity index (χ2n) is 9.98. The third kappa shape index (κ3) is 8.29. The Morgan fingerprint density at radius 2 is 1.86 bits per heavy atom. The van der Waals surface area contributed by atoms with Gasteiger partial charge in [-0.05, 0) is 26.3 Å². The highest BCUT2D eigenvalue weighted by molar-refractivity contribution is 7.90. The zero-order valence-corrected chi connectivity index (χ0v) is 22.6. The standard InChI is InChI=1S/C25H39N5O5S/c1-25(2,3)27-23(31)29(11-10-28-12-16-35-17-13-28)19-22-18-26-24(30(22)14-15-34-4)36(32,33)20-21-8-6-5-7-9-21/h5-9,18H,10-17,19-20H2,1-4H3,(H,27,31). The molecule has 1 aromatic carbocycles. The van der Waals surface area contributed by atoms with Crippen molar-refractivity contribution in [2.45, 2.75) is 50.3 Å². The van der Waals surface area contributed by atoms with Crippen LogP contribution in [0.2, 0.25) is 0 Å². The van der Waals surface area contributed by atoms with E-state index >= 15 is 0 Å². The summed E-state index contributed by atoms with van der Waals surface area (Å²) in [4.78, 5) is 21.5. The van der Waals surface area contributed by atoms with E-state index in [1.807, 2.05) is 39.0 Å². The van der Waals surface area contributed by atoms with Crippen molar-refractivity contribution in [3.05, 3.63) is 47.8 Å². The maximum atomic E-state index is 13.3. The Hall–Kier alpha value is -2.47. The van der Waals surface area contributed by atoms with E-state index in [-0.39, 0.29) is 23.5 Å². The number of urea groups is 1. The van der Waals surface area contributed by atoms with Gasteiger partial charge >= 0.3 is 6.03 Å². The molecule has 11 heteroatoms. The van der Waals surface area contributed by atoms with Crippen LogP contribution in [0.1, 0.15) is 32.0 Å². The van der Waals surface area contributed by atoms with Gasteiger partial charge in [-0.15, -0.1) is 0 Å². The Labute approximate surface area is 214 Å². The minimum Gasteiger partial charge on any atom is -0.383 e. The fraction of sp³-hybridized carbons (Fsp3) is 0.600. The molecule has 2 aromatic rings. The third-order valence-electron chi connectivity index (χ3n) is 5.81. The molecule has 2 heterocycles. The Bertz CT molecular complexity index is 1080. The second-order valence-corrected chi connectivity index (χ2v) is 11.9. The lowest BCUT2D eigenvalue weighted by atomic mass is 10.1. The molecule has 0 bridgehead atoms. The SMILES string of the molecule is COCCn1c(CN(CCN2CCOCC2)C(=O)NC(C)(C)C)cnc1S(=O)(=O)Cc1ccccc1. The zero-order valence-electron chi connectivity index (χ0n) is 21.8. The number of hydrogen-bond acceptors (Lipinski definition) is 7. The normalized spacial score (nSPS) is 15.1. The van der Waals surface area contributed by atoms with Gasteiger partial charge in [0.15, 0.2) is 0 Å². The van der Waals surface area contributed by atoms with E-state index in [9.17, 15) is 13.2 Å². The molecule has 0 saturated carbocycles. The van der Waals surface area contributed by atoms with Crippen LogP contribution in [0.15, 0.2) is 41.7 Å². The minimum atomic E-state index is -3.71. The molecule has 1 aromatic heterocycles. The van der Waals surface area contributed by atoms with Crippen molar-refractivity contribution in [1.82, 2.24) is 24.7 Å². The summed E-state index contributed by atoms with van der Waals surface area (Å²) < 4.78 is 38.9. The number of nitrogens with zero attached hydrogens (tertiary/aromatic N) is 4. The second kappa shape index (κ2) is 12.7. The van der Waals surface area contributed by atoms with E-state index in [4.69, 9.17) is 9.47 Å². The molecule has 3 rings (SSSR count). The maximum Gasteiger partial charge on any atom is 0.318 e. The van der Waals surface area contributed by atoms with E-state index in [0.29, 0.717) is 50.7 Å². The van der Waals surface area contributed by atoms with Crippen LogP contribution in [0, 0.1) is 0 Å². The quantitative estimate of drug-likeness (QED) is 0.483. The van der Waals surface area contributed by atoms with Gasteiger partial charge in [0.1, 0.15) is 0 Å². The average Bonchev–Trinajstić information content (AvgIpc) is 3.23. The number of aromatic nitrogens is 2. The summed E-state index contributed by atoms with van der Waals surface area (Å²) in [6.07, 6.45) is 1.56. The van der Waals surface area contributed by atoms with E-state index in [1.165, 1.54) is 0 Å². The predicted octanol–water partition coefficient (Wildman–Crippen LogP) is 2.15. The van der Waals surface area contributed by atoms with Gasteiger partial charge in [0.2, 0.25) is 15.0 Å². The van der Waals surface area contributed by atoms with Crippen molar-refractivity contribution >= 4 is 15.9 Å². The average molecular weight is 522 g/mol. The number of sulfone groups is 1. The predicted molar refractivity (Wildman–Crippen MR) is 137 cm³/mol. The van der Waals surface area contributed by atoms with Crippen LogP contribution in [0.25, 0.3) is 0 Å². The first-order chi connectivity index (χ1) is 17.1. The fourth-order valence-corrected chi connectivity index (χ4v) is 5.50. The van der Waals surface area contributed by atoms with Crippen molar-refractivity contribution in [3.63, 3.8) is 0 Å². The molecule has 10 nitrogen and oxygen atoms in total. The largest absolute Gasteiger partial charge is 0.383 e. The Morgan fingerprint density at radius 3 is 2.50 bits per heavy atom. The first kappa shape index (κ1) is 28.1. The Kier molecular flexibility index (Phi) is 9.89. The molecule has 200 valence electrons. The molecule has 0 unspecified atom stereocenters. The van der Waals surface area contributed by atoms with Crippen molar-refractivity contribution in [2.24, 2.45) is 0 Å². The number of rotatable bonds is 11. The Morgan fingerprint density at radius 1 is 1.17 bits per heavy atom. The summed E-state index contributed by atoms with van der Waals surface area (Å²) in [7, 11) is -2.14. The lowest BCUT2D eigenvalue weighted by molar-refractivity contribution is 0.0344. The van der Waals surface area contributed by atoms with Crippen LogP contribution in [-0.4, -0.2) is 92.4 Å². The number of amides is 2. The number of benzene rings is 1. The highest BCUT2D eigenvalue weighted by Crippen LogP contribution is 2.19. The number of nitrogens with one attached hydrogen (secondary N) is 1. The number of morpholine rings is 1. The van der Waals surface area contributed by atoms with Crippen molar-refractivity contribution in [1.29, 1.82) is 0 Å². The molecular weight excluding hydrogens is 482 g/mol. The van der Waals surface area contributed by atoms with Crippen LogP contribution in [-0.2, 0) is 38.2 Å². The monoisotopic (exact) mass is 521 g/mol. The summed E-state index contributed by atoms with van der Waals surface area (Å²) in [6, 6.07) is 8.84. The van der Waals surface area contributed by atoms with E-state index in [1.54, 1.807) is 34.9 Å². The highest BCUT2D eigenvalue weighted by atomic mass is 32.2. The van der Waals surface area contributed by atoms with E-state index in [2.05, 4.69) is 15.2 Å². The Balaban J connectivity index is 1.85. The number of imidazole rings is 1. The van der Waals surface area contributed by atoms with Crippen molar-refractivity contribution in [2.75, 3.05) is 53.1 Å². The molecule has 1 aliphatic rings. The molecule has 1 fully saturated rings. The number of carbonyl (C=O) groups excluding carboxylic acids is 1. The van der Waals surface area contributed by atoms with Gasteiger partial charge in [-0.3, -0.25) is 4.90 Å². The summed E-state index contributed by atoms with van der Waals surface area (Å²) in [5.74, 6) is -0.150. The summed E-state index contributed by atoms with van der Waals surface area (Å²) in [5, 5.41) is 3.02. The molecular formula is C25H39N5O5S. The van der Waals surface area contributed by atoms with Crippen LogP contribution in [0.5, 0.6) is 0 Å². The highest BCUT2D eigenvalue weighted by Gasteiger charge is 2.27. The first-order valence-electron chi connectivity index (χ1n) is 12.3. The first-order valence-corrected chi connectivity index (χ1v) is 13.9. The molecule has 0 aliphatic carbocycles. The summed E-state index contributed by atoms with van der Waals surface area (Å²) in [5.41, 5.74) is 0.927. The number of carbonyl (C=O) groups is 1. The van der Waals surface area contributed by atoms with Gasteiger partial charge in [-0.1, -0.05) is 30.3 Å². The van der Waals surface area contributed by atoms with Gasteiger partial charge in [0.25, 0.3) is 0 Å². The molecule has 1 saturated heterocycles. The molecule has 0 radical (unpaired) electrons.